The van der Waals surface area contributed by atoms with E-state index in [0.29, 0.717) is 0 Å². The van der Waals surface area contributed by atoms with Crippen molar-refractivity contribution in [3.8, 4) is 5.75 Å². The lowest BCUT2D eigenvalue weighted by Gasteiger charge is -2.06. The maximum Gasteiger partial charge on any atom is 0.173 e. The molecule has 0 aromatic heterocycles. The second-order valence-corrected chi connectivity index (χ2v) is 5.54. The van der Waals surface area contributed by atoms with Crippen molar-refractivity contribution in [2.24, 2.45) is 0 Å². The summed E-state index contributed by atoms with van der Waals surface area (Å²) in [6.07, 6.45) is -0.182. The van der Waals surface area contributed by atoms with Crippen LogP contribution in [0.2, 0.25) is 0 Å². The van der Waals surface area contributed by atoms with Crippen LogP contribution in [0.25, 0.3) is 0 Å². The smallest absolute Gasteiger partial charge is 0.173 e. The summed E-state index contributed by atoms with van der Waals surface area (Å²) in [5.41, 5.74) is 0.192. The minimum absolute atomic E-state index is 0.0859. The number of phenolic OH excluding ortho intramolecular Hbond substituents is 1. The Morgan fingerprint density at radius 1 is 1.05 bits per heavy atom. The molecule has 20 heavy (non-hydrogen) atoms. The fourth-order valence-electron chi connectivity index (χ4n) is 1.76. The molecule has 102 valence electrons. The third-order valence-corrected chi connectivity index (χ3v) is 3.66. The molecule has 4 heteroatoms. The van der Waals surface area contributed by atoms with Gasteiger partial charge in [-0.1, -0.05) is 30.0 Å². The Kier molecular flexibility index (Phi) is 4.58. The van der Waals surface area contributed by atoms with Crippen LogP contribution in [0.4, 0.5) is 0 Å². The molecule has 2 aromatic carbocycles. The lowest BCUT2D eigenvalue weighted by Crippen LogP contribution is -2.05. The van der Waals surface area contributed by atoms with Crippen LogP contribution < -0.4 is 0 Å². The Hall–Kier alpha value is -2.07. The van der Waals surface area contributed by atoms with Crippen molar-refractivity contribution in [1.29, 1.82) is 0 Å². The van der Waals surface area contributed by atoms with Crippen molar-refractivity contribution in [2.75, 3.05) is 0 Å². The minimum Gasteiger partial charge on any atom is -0.507 e. The molecule has 2 aromatic rings. The predicted molar refractivity (Wildman–Crippen MR) is 78.3 cm³/mol. The number of aromatic hydroxyl groups is 1. The van der Waals surface area contributed by atoms with E-state index >= 15 is 0 Å². The fraction of sp³-hybridized carbons (Fsp3) is 0.125. The van der Waals surface area contributed by atoms with E-state index in [0.717, 1.165) is 9.79 Å². The van der Waals surface area contributed by atoms with E-state index in [1.165, 1.54) is 18.7 Å². The summed E-state index contributed by atoms with van der Waals surface area (Å²) in [5.74, 6) is -0.652. The summed E-state index contributed by atoms with van der Waals surface area (Å²) in [4.78, 5) is 24.6. The number of hydrogen-bond acceptors (Lipinski definition) is 4. The zero-order valence-electron chi connectivity index (χ0n) is 11.0. The molecule has 0 aliphatic rings. The summed E-state index contributed by atoms with van der Waals surface area (Å²) in [6, 6.07) is 14.6. The number of ketones is 2. The van der Waals surface area contributed by atoms with Crippen LogP contribution in [0.15, 0.2) is 58.3 Å². The molecule has 0 aliphatic carbocycles. The van der Waals surface area contributed by atoms with E-state index in [4.69, 9.17) is 0 Å². The van der Waals surface area contributed by atoms with Crippen molar-refractivity contribution in [3.63, 3.8) is 0 Å². The molecular weight excluding hydrogens is 272 g/mol. The van der Waals surface area contributed by atoms with Crippen molar-refractivity contribution < 1.29 is 14.7 Å². The molecule has 3 nitrogen and oxygen atoms in total. The molecule has 0 aliphatic heterocycles. The number of phenols is 1. The van der Waals surface area contributed by atoms with Gasteiger partial charge in [0.05, 0.1) is 12.0 Å². The third-order valence-electron chi connectivity index (χ3n) is 2.66. The zero-order valence-corrected chi connectivity index (χ0v) is 11.8. The van der Waals surface area contributed by atoms with Crippen LogP contribution in [0.3, 0.4) is 0 Å². The minimum atomic E-state index is -0.355. The number of carbonyl (C=O) groups excluding carboxylic acids is 2. The highest BCUT2D eigenvalue weighted by Gasteiger charge is 2.13. The first kappa shape index (κ1) is 14.3. The zero-order chi connectivity index (χ0) is 14.5. The van der Waals surface area contributed by atoms with E-state index in [2.05, 4.69) is 0 Å². The molecule has 2 rings (SSSR count). The number of carbonyl (C=O) groups is 2. The quantitative estimate of drug-likeness (QED) is 0.672. The van der Waals surface area contributed by atoms with Crippen LogP contribution in [-0.2, 0) is 4.79 Å². The summed E-state index contributed by atoms with van der Waals surface area (Å²) in [7, 11) is 0. The Morgan fingerprint density at radius 3 is 2.35 bits per heavy atom. The Balaban J connectivity index is 2.17. The Morgan fingerprint density at radius 2 is 1.75 bits per heavy atom. The van der Waals surface area contributed by atoms with Gasteiger partial charge in [-0.2, -0.15) is 0 Å². The van der Waals surface area contributed by atoms with E-state index in [-0.39, 0.29) is 29.3 Å². The van der Waals surface area contributed by atoms with E-state index in [1.54, 1.807) is 18.2 Å². The maximum absolute atomic E-state index is 11.8. The van der Waals surface area contributed by atoms with E-state index in [1.807, 2.05) is 30.3 Å². The second-order valence-electron chi connectivity index (χ2n) is 4.40. The average Bonchev–Trinajstić information content (AvgIpc) is 2.39. The molecule has 0 amide bonds. The standard InChI is InChI=1S/C16H14O3S/c1-11(17)9-15(18)14-8-7-13(10-16(14)19)20-12-5-3-2-4-6-12/h2-8,10,19H,9H2,1H3. The van der Waals surface area contributed by atoms with Crippen LogP contribution in [0.1, 0.15) is 23.7 Å². The molecule has 0 spiro atoms. The molecular formula is C16H14O3S. The first-order chi connectivity index (χ1) is 9.56. The normalized spacial score (nSPS) is 10.2. The molecule has 0 bridgehead atoms. The monoisotopic (exact) mass is 286 g/mol. The molecule has 0 unspecified atom stereocenters. The van der Waals surface area contributed by atoms with Gasteiger partial charge in [-0.25, -0.2) is 0 Å². The first-order valence-electron chi connectivity index (χ1n) is 6.15. The molecule has 0 saturated heterocycles. The second kappa shape index (κ2) is 6.39. The highest BCUT2D eigenvalue weighted by Crippen LogP contribution is 2.31. The largest absolute Gasteiger partial charge is 0.507 e. The topological polar surface area (TPSA) is 54.4 Å². The lowest BCUT2D eigenvalue weighted by molar-refractivity contribution is -0.116. The van der Waals surface area contributed by atoms with Gasteiger partial charge < -0.3 is 5.11 Å². The summed E-state index contributed by atoms with van der Waals surface area (Å²) in [5, 5.41) is 9.91. The number of Topliss-reactive ketones (excluding diaryl/α,β-unsaturated/α-hetero) is 2. The predicted octanol–water partition coefficient (Wildman–Crippen LogP) is 3.71. The Labute approximate surface area is 121 Å². The van der Waals surface area contributed by atoms with Gasteiger partial charge in [0, 0.05) is 9.79 Å². The molecule has 0 fully saturated rings. The lowest BCUT2D eigenvalue weighted by atomic mass is 10.1. The number of rotatable bonds is 5. The molecule has 0 saturated carbocycles. The highest BCUT2D eigenvalue weighted by atomic mass is 32.2. The summed E-state index contributed by atoms with van der Waals surface area (Å²) < 4.78 is 0. The highest BCUT2D eigenvalue weighted by molar-refractivity contribution is 7.99. The van der Waals surface area contributed by atoms with Gasteiger partial charge in [-0.15, -0.1) is 0 Å². The van der Waals surface area contributed by atoms with Crippen LogP contribution in [-0.4, -0.2) is 16.7 Å². The van der Waals surface area contributed by atoms with Gasteiger partial charge in [-0.3, -0.25) is 9.59 Å². The fourth-order valence-corrected chi connectivity index (χ4v) is 2.63. The van der Waals surface area contributed by atoms with Gasteiger partial charge in [0.25, 0.3) is 0 Å². The van der Waals surface area contributed by atoms with Crippen molar-refractivity contribution >= 4 is 23.3 Å². The SMILES string of the molecule is CC(=O)CC(=O)c1ccc(Sc2ccccc2)cc1O. The number of hydrogen-bond donors (Lipinski definition) is 1. The van der Waals surface area contributed by atoms with Gasteiger partial charge >= 0.3 is 0 Å². The van der Waals surface area contributed by atoms with E-state index in [9.17, 15) is 14.7 Å². The van der Waals surface area contributed by atoms with E-state index < -0.39 is 0 Å². The van der Waals surface area contributed by atoms with Crippen LogP contribution >= 0.6 is 11.8 Å². The van der Waals surface area contributed by atoms with Gasteiger partial charge in [-0.05, 0) is 37.3 Å². The van der Waals surface area contributed by atoms with Crippen molar-refractivity contribution in [3.05, 3.63) is 54.1 Å². The molecule has 1 N–H and O–H groups in total. The summed E-state index contributed by atoms with van der Waals surface area (Å²) >= 11 is 1.50. The maximum atomic E-state index is 11.8. The van der Waals surface area contributed by atoms with Crippen molar-refractivity contribution in [2.45, 2.75) is 23.1 Å². The summed E-state index contributed by atoms with van der Waals surface area (Å²) in [6.45, 7) is 1.36. The molecule has 0 heterocycles. The number of benzene rings is 2. The van der Waals surface area contributed by atoms with Gasteiger partial charge in [0.2, 0.25) is 0 Å². The van der Waals surface area contributed by atoms with Crippen molar-refractivity contribution in [1.82, 2.24) is 0 Å². The van der Waals surface area contributed by atoms with Gasteiger partial charge in [0.15, 0.2) is 5.78 Å². The van der Waals surface area contributed by atoms with Gasteiger partial charge in [0.1, 0.15) is 11.5 Å². The first-order valence-corrected chi connectivity index (χ1v) is 6.96. The molecule has 0 atom stereocenters. The van der Waals surface area contributed by atoms with Crippen LogP contribution in [0, 0.1) is 0 Å². The third kappa shape index (κ3) is 3.71. The van der Waals surface area contributed by atoms with Crippen LogP contribution in [0.5, 0.6) is 5.75 Å². The molecule has 0 radical (unpaired) electrons. The Bertz CT molecular complexity index is 635. The average molecular weight is 286 g/mol.